The van der Waals surface area contributed by atoms with Gasteiger partial charge in [0.15, 0.2) is 0 Å². The van der Waals surface area contributed by atoms with Crippen LogP contribution < -0.4 is 0 Å². The van der Waals surface area contributed by atoms with Crippen molar-refractivity contribution in [3.05, 3.63) is 53.2 Å². The minimum Gasteiger partial charge on any atom is -0.288 e. The first-order valence-electron chi connectivity index (χ1n) is 4.32. The Morgan fingerprint density at radius 1 is 1.38 bits per heavy atom. The zero-order chi connectivity index (χ0) is 11.7. The van der Waals surface area contributed by atoms with Crippen molar-refractivity contribution < 1.29 is 4.79 Å². The predicted molar refractivity (Wildman–Crippen MR) is 79.6 cm³/mol. The molecular formula is C11H5BrClIOS. The summed E-state index contributed by atoms with van der Waals surface area (Å²) in [5.41, 5.74) is 0.649. The van der Waals surface area contributed by atoms with Gasteiger partial charge in [-0.3, -0.25) is 4.79 Å². The Morgan fingerprint density at radius 3 is 2.75 bits per heavy atom. The van der Waals surface area contributed by atoms with Crippen LogP contribution in [0.2, 0.25) is 5.02 Å². The third kappa shape index (κ3) is 2.50. The molecule has 5 heteroatoms. The van der Waals surface area contributed by atoms with Gasteiger partial charge in [-0.15, -0.1) is 11.3 Å². The maximum atomic E-state index is 12.2. The minimum atomic E-state index is 0.00813. The van der Waals surface area contributed by atoms with Gasteiger partial charge in [-0.1, -0.05) is 11.6 Å². The Bertz CT molecular complexity index is 553. The number of hydrogen-bond donors (Lipinski definition) is 0. The summed E-state index contributed by atoms with van der Waals surface area (Å²) in [6, 6.07) is 7.20. The first-order valence-corrected chi connectivity index (χ1v) is 7.45. The summed E-state index contributed by atoms with van der Waals surface area (Å²) in [7, 11) is 0. The highest BCUT2D eigenvalue weighted by Crippen LogP contribution is 2.28. The van der Waals surface area contributed by atoms with Crippen molar-refractivity contribution in [2.24, 2.45) is 0 Å². The fourth-order valence-corrected chi connectivity index (χ4v) is 3.51. The Labute approximate surface area is 124 Å². The average Bonchev–Trinajstić information content (AvgIpc) is 2.67. The molecule has 16 heavy (non-hydrogen) atoms. The Kier molecular flexibility index (Phi) is 4.05. The van der Waals surface area contributed by atoms with Crippen molar-refractivity contribution in [1.82, 2.24) is 0 Å². The van der Waals surface area contributed by atoms with E-state index < -0.39 is 0 Å². The Morgan fingerprint density at radius 2 is 2.12 bits per heavy atom. The van der Waals surface area contributed by atoms with E-state index in [4.69, 9.17) is 11.6 Å². The third-order valence-electron chi connectivity index (χ3n) is 2.00. The van der Waals surface area contributed by atoms with E-state index in [0.717, 1.165) is 8.04 Å². The number of rotatable bonds is 2. The number of ketones is 1. The van der Waals surface area contributed by atoms with Crippen LogP contribution in [0.25, 0.3) is 0 Å². The van der Waals surface area contributed by atoms with Crippen LogP contribution in [0.15, 0.2) is 34.1 Å². The van der Waals surface area contributed by atoms with Gasteiger partial charge in [-0.2, -0.15) is 0 Å². The standard InChI is InChI=1S/C11H5BrClIOS/c12-8-3-4-16-11(8)10(15)7-5-6(13)1-2-9(7)14/h1-5H. The summed E-state index contributed by atoms with van der Waals surface area (Å²) in [6.45, 7) is 0. The summed E-state index contributed by atoms with van der Waals surface area (Å²) in [5, 5.41) is 2.46. The molecule has 1 aromatic carbocycles. The summed E-state index contributed by atoms with van der Waals surface area (Å²) in [6.07, 6.45) is 0. The second kappa shape index (κ2) is 5.16. The Balaban J connectivity index is 2.49. The fraction of sp³-hybridized carbons (Fsp3) is 0. The first-order chi connectivity index (χ1) is 7.59. The quantitative estimate of drug-likeness (QED) is 0.487. The molecule has 1 aromatic heterocycles. The predicted octanol–water partition coefficient (Wildman–Crippen LogP) is 5.00. The molecule has 0 N–H and O–H groups in total. The summed E-state index contributed by atoms with van der Waals surface area (Å²) in [4.78, 5) is 12.9. The molecule has 0 aliphatic carbocycles. The number of carbonyl (C=O) groups is 1. The van der Waals surface area contributed by atoms with Crippen molar-refractivity contribution in [3.8, 4) is 0 Å². The van der Waals surface area contributed by atoms with Gasteiger partial charge in [0.1, 0.15) is 0 Å². The smallest absolute Gasteiger partial charge is 0.205 e. The van der Waals surface area contributed by atoms with Gasteiger partial charge < -0.3 is 0 Å². The largest absolute Gasteiger partial charge is 0.288 e. The lowest BCUT2D eigenvalue weighted by atomic mass is 10.1. The van der Waals surface area contributed by atoms with E-state index >= 15 is 0 Å². The van der Waals surface area contributed by atoms with E-state index in [9.17, 15) is 4.79 Å². The lowest BCUT2D eigenvalue weighted by Gasteiger charge is -2.03. The highest BCUT2D eigenvalue weighted by atomic mass is 127. The maximum absolute atomic E-state index is 12.2. The van der Waals surface area contributed by atoms with E-state index in [1.54, 1.807) is 12.1 Å². The zero-order valence-corrected chi connectivity index (χ0v) is 13.2. The molecule has 0 aliphatic heterocycles. The first kappa shape index (κ1) is 12.5. The molecule has 0 amide bonds. The van der Waals surface area contributed by atoms with Crippen molar-refractivity contribution >= 4 is 67.2 Å². The molecular weight excluding hydrogens is 422 g/mol. The molecule has 0 saturated heterocycles. The molecule has 0 fully saturated rings. The van der Waals surface area contributed by atoms with Crippen LogP contribution in [0.5, 0.6) is 0 Å². The summed E-state index contributed by atoms with van der Waals surface area (Å²) >= 11 is 12.8. The molecule has 0 bridgehead atoms. The Hall–Kier alpha value is 0.0900. The number of benzene rings is 1. The number of carbonyl (C=O) groups excluding carboxylic acids is 1. The molecule has 0 aliphatic rings. The molecule has 0 saturated carbocycles. The lowest BCUT2D eigenvalue weighted by Crippen LogP contribution is -2.02. The second-order valence-corrected chi connectivity index (χ2v) is 6.42. The SMILES string of the molecule is O=C(c1cc(Cl)ccc1I)c1sccc1Br. The topological polar surface area (TPSA) is 17.1 Å². The molecule has 1 heterocycles. The van der Waals surface area contributed by atoms with Gasteiger partial charge in [-0.05, 0) is 68.2 Å². The van der Waals surface area contributed by atoms with Gasteiger partial charge in [0.05, 0.1) is 4.88 Å². The van der Waals surface area contributed by atoms with Gasteiger partial charge in [0, 0.05) is 18.6 Å². The van der Waals surface area contributed by atoms with Crippen LogP contribution in [0, 0.1) is 3.57 Å². The van der Waals surface area contributed by atoms with Crippen molar-refractivity contribution in [1.29, 1.82) is 0 Å². The number of thiophene rings is 1. The normalized spacial score (nSPS) is 10.4. The van der Waals surface area contributed by atoms with Crippen LogP contribution in [0.3, 0.4) is 0 Å². The third-order valence-corrected chi connectivity index (χ3v) is 5.01. The zero-order valence-electron chi connectivity index (χ0n) is 7.84. The van der Waals surface area contributed by atoms with Gasteiger partial charge in [-0.25, -0.2) is 0 Å². The summed E-state index contributed by atoms with van der Waals surface area (Å²) in [5.74, 6) is 0.00813. The molecule has 0 spiro atoms. The van der Waals surface area contributed by atoms with E-state index in [-0.39, 0.29) is 5.78 Å². The maximum Gasteiger partial charge on any atom is 0.205 e. The van der Waals surface area contributed by atoms with Crippen LogP contribution in [0.4, 0.5) is 0 Å². The minimum absolute atomic E-state index is 0.00813. The molecule has 0 unspecified atom stereocenters. The monoisotopic (exact) mass is 426 g/mol. The van der Waals surface area contributed by atoms with Crippen LogP contribution in [-0.4, -0.2) is 5.78 Å². The molecule has 2 rings (SSSR count). The van der Waals surface area contributed by atoms with Crippen molar-refractivity contribution in [3.63, 3.8) is 0 Å². The van der Waals surface area contributed by atoms with E-state index in [1.165, 1.54) is 11.3 Å². The van der Waals surface area contributed by atoms with Gasteiger partial charge >= 0.3 is 0 Å². The van der Waals surface area contributed by atoms with Gasteiger partial charge in [0.2, 0.25) is 5.78 Å². The second-order valence-electron chi connectivity index (χ2n) is 3.05. The lowest BCUT2D eigenvalue weighted by molar-refractivity contribution is 0.104. The number of hydrogen-bond acceptors (Lipinski definition) is 2. The number of halogens is 3. The average molecular weight is 427 g/mol. The fourth-order valence-electron chi connectivity index (χ4n) is 1.25. The van der Waals surface area contributed by atoms with Crippen LogP contribution in [-0.2, 0) is 0 Å². The van der Waals surface area contributed by atoms with Gasteiger partial charge in [0.25, 0.3) is 0 Å². The van der Waals surface area contributed by atoms with Crippen molar-refractivity contribution in [2.75, 3.05) is 0 Å². The van der Waals surface area contributed by atoms with E-state index in [2.05, 4.69) is 38.5 Å². The van der Waals surface area contributed by atoms with E-state index in [0.29, 0.717) is 15.5 Å². The van der Waals surface area contributed by atoms with E-state index in [1.807, 2.05) is 17.5 Å². The molecule has 0 atom stereocenters. The summed E-state index contributed by atoms with van der Waals surface area (Å²) < 4.78 is 1.74. The molecule has 2 aromatic rings. The van der Waals surface area contributed by atoms with Crippen molar-refractivity contribution in [2.45, 2.75) is 0 Å². The van der Waals surface area contributed by atoms with Crippen LogP contribution in [0.1, 0.15) is 15.2 Å². The molecule has 1 nitrogen and oxygen atoms in total. The molecule has 82 valence electrons. The molecule has 0 radical (unpaired) electrons. The highest BCUT2D eigenvalue weighted by Gasteiger charge is 2.16. The highest BCUT2D eigenvalue weighted by molar-refractivity contribution is 14.1. The van der Waals surface area contributed by atoms with Crippen LogP contribution >= 0.6 is 61.5 Å².